The predicted molar refractivity (Wildman–Crippen MR) is 84.4 cm³/mol. The zero-order valence-corrected chi connectivity index (χ0v) is 14.0. The molecule has 0 saturated heterocycles. The Kier molecular flexibility index (Phi) is 3.35. The molecule has 2 N–H and O–H groups in total. The fourth-order valence-electron chi connectivity index (χ4n) is 6.48. The first kappa shape index (κ1) is 15.8. The maximum absolute atomic E-state index is 14.6. The van der Waals surface area contributed by atoms with Crippen molar-refractivity contribution in [2.24, 2.45) is 28.6 Å². The Bertz CT molecular complexity index is 573. The van der Waals surface area contributed by atoms with Gasteiger partial charge in [0.15, 0.2) is 0 Å². The summed E-state index contributed by atoms with van der Waals surface area (Å²) in [5, 5.41) is 20.6. The van der Waals surface area contributed by atoms with Gasteiger partial charge in [0.05, 0.1) is 12.2 Å². The molecule has 4 aliphatic carbocycles. The number of aliphatic hydroxyl groups is 2. The van der Waals surface area contributed by atoms with Gasteiger partial charge in [-0.3, -0.25) is 4.79 Å². The average molecular weight is 322 g/mol. The normalized spacial score (nSPS) is 55.7. The molecule has 3 nitrogen and oxygen atoms in total. The second-order valence-electron chi connectivity index (χ2n) is 8.69. The van der Waals surface area contributed by atoms with E-state index in [0.717, 1.165) is 25.7 Å². The molecule has 0 aliphatic heterocycles. The first-order chi connectivity index (χ1) is 10.8. The maximum atomic E-state index is 14.6. The van der Waals surface area contributed by atoms with Crippen LogP contribution < -0.4 is 0 Å². The van der Waals surface area contributed by atoms with Crippen LogP contribution in [0.4, 0.5) is 4.39 Å². The topological polar surface area (TPSA) is 57.5 Å². The minimum absolute atomic E-state index is 0.110. The Labute approximate surface area is 137 Å². The maximum Gasteiger partial charge on any atom is 0.148 e. The molecule has 0 unspecified atom stereocenters. The van der Waals surface area contributed by atoms with Crippen LogP contribution in [0.25, 0.3) is 0 Å². The number of Topliss-reactive ketones (excluding diaryl/α,β-unsaturated/α-hetero) is 1. The van der Waals surface area contributed by atoms with Crippen LogP contribution in [0.2, 0.25) is 0 Å². The van der Waals surface area contributed by atoms with E-state index >= 15 is 0 Å². The molecule has 4 rings (SSSR count). The number of fused-ring (bicyclic) bond motifs is 5. The molecule has 0 heterocycles. The quantitative estimate of drug-likeness (QED) is 0.674. The third-order valence-corrected chi connectivity index (χ3v) is 7.94. The zero-order chi connectivity index (χ0) is 16.6. The lowest BCUT2D eigenvalue weighted by atomic mass is 9.47. The molecule has 4 aliphatic rings. The van der Waals surface area contributed by atoms with Gasteiger partial charge in [0.25, 0.3) is 0 Å². The van der Waals surface area contributed by atoms with Gasteiger partial charge >= 0.3 is 0 Å². The third-order valence-electron chi connectivity index (χ3n) is 7.94. The number of hydrogen-bond donors (Lipinski definition) is 2. The van der Waals surface area contributed by atoms with E-state index in [1.807, 2.05) is 13.0 Å². The predicted octanol–water partition coefficient (Wildman–Crippen LogP) is 2.80. The van der Waals surface area contributed by atoms with Crippen molar-refractivity contribution in [3.05, 3.63) is 11.6 Å². The van der Waals surface area contributed by atoms with Crippen LogP contribution in [0.15, 0.2) is 11.6 Å². The van der Waals surface area contributed by atoms with Gasteiger partial charge in [-0.15, -0.1) is 0 Å². The van der Waals surface area contributed by atoms with Gasteiger partial charge in [-0.2, -0.15) is 0 Å². The number of carbonyl (C=O) groups excluding carboxylic acids is 1. The highest BCUT2D eigenvalue weighted by Gasteiger charge is 2.62. The van der Waals surface area contributed by atoms with E-state index in [4.69, 9.17) is 0 Å². The summed E-state index contributed by atoms with van der Waals surface area (Å²) in [6.45, 7) is 4.10. The molecule has 23 heavy (non-hydrogen) atoms. The van der Waals surface area contributed by atoms with Crippen molar-refractivity contribution in [1.82, 2.24) is 0 Å². The summed E-state index contributed by atoms with van der Waals surface area (Å²) >= 11 is 0. The number of hydrogen-bond acceptors (Lipinski definition) is 3. The van der Waals surface area contributed by atoms with Crippen LogP contribution in [0.1, 0.15) is 52.4 Å². The molecule has 0 amide bonds. The van der Waals surface area contributed by atoms with Crippen LogP contribution >= 0.6 is 0 Å². The van der Waals surface area contributed by atoms with Crippen molar-refractivity contribution in [2.45, 2.75) is 70.8 Å². The van der Waals surface area contributed by atoms with Crippen molar-refractivity contribution >= 4 is 5.78 Å². The lowest BCUT2D eigenvalue weighted by molar-refractivity contribution is -0.138. The minimum Gasteiger partial charge on any atom is -0.392 e. The molecule has 8 atom stereocenters. The fraction of sp³-hybridized carbons (Fsp3) is 0.842. The standard InChI is InChI=1S/C19H27FO3/c1-18-8-7-12-10(11(18)5-6-15(18)22)3-4-13-17(20)14(21)9-16(23)19(12,13)2/h4,10-12,14,16-17,21,23H,3,5-9H2,1-2H3/t10-,11-,12-,14-,16-,17-,18-,19+/m0/s1. The molecule has 3 fully saturated rings. The van der Waals surface area contributed by atoms with E-state index in [-0.39, 0.29) is 17.8 Å². The number of rotatable bonds is 0. The van der Waals surface area contributed by atoms with Gasteiger partial charge in [-0.25, -0.2) is 4.39 Å². The van der Waals surface area contributed by atoms with Crippen molar-refractivity contribution in [3.63, 3.8) is 0 Å². The van der Waals surface area contributed by atoms with Gasteiger partial charge in [0, 0.05) is 23.7 Å². The van der Waals surface area contributed by atoms with Crippen molar-refractivity contribution in [3.8, 4) is 0 Å². The highest BCUT2D eigenvalue weighted by atomic mass is 19.1. The van der Waals surface area contributed by atoms with Gasteiger partial charge in [0.2, 0.25) is 0 Å². The Hall–Kier alpha value is -0.740. The van der Waals surface area contributed by atoms with Gasteiger partial charge in [0.1, 0.15) is 12.0 Å². The lowest BCUT2D eigenvalue weighted by Gasteiger charge is -2.58. The van der Waals surface area contributed by atoms with Crippen molar-refractivity contribution in [2.75, 3.05) is 0 Å². The van der Waals surface area contributed by atoms with E-state index in [1.54, 1.807) is 0 Å². The van der Waals surface area contributed by atoms with E-state index in [2.05, 4.69) is 6.92 Å². The summed E-state index contributed by atoms with van der Waals surface area (Å²) in [7, 11) is 0. The summed E-state index contributed by atoms with van der Waals surface area (Å²) < 4.78 is 14.6. The fourth-order valence-corrected chi connectivity index (χ4v) is 6.48. The summed E-state index contributed by atoms with van der Waals surface area (Å²) in [6.07, 6.45) is 3.01. The Balaban J connectivity index is 1.75. The average Bonchev–Trinajstić information content (AvgIpc) is 2.81. The minimum atomic E-state index is -1.36. The molecule has 3 saturated carbocycles. The van der Waals surface area contributed by atoms with E-state index in [0.29, 0.717) is 29.6 Å². The lowest BCUT2D eigenvalue weighted by Crippen LogP contribution is -2.58. The molecule has 0 radical (unpaired) electrons. The van der Waals surface area contributed by atoms with E-state index < -0.39 is 23.8 Å². The number of carbonyl (C=O) groups is 1. The number of halogens is 1. The number of alkyl halides is 1. The van der Waals surface area contributed by atoms with Crippen LogP contribution in [0.3, 0.4) is 0 Å². The first-order valence-electron chi connectivity index (χ1n) is 9.04. The Morgan fingerprint density at radius 2 is 1.96 bits per heavy atom. The molecule has 0 aromatic rings. The molecule has 4 heteroatoms. The van der Waals surface area contributed by atoms with Crippen LogP contribution in [-0.4, -0.2) is 34.4 Å². The highest BCUT2D eigenvalue weighted by Crippen LogP contribution is 2.64. The number of ketones is 1. The van der Waals surface area contributed by atoms with Gasteiger partial charge < -0.3 is 10.2 Å². The monoisotopic (exact) mass is 322 g/mol. The van der Waals surface area contributed by atoms with Crippen LogP contribution in [0.5, 0.6) is 0 Å². The molecule has 0 bridgehead atoms. The number of allylic oxidation sites excluding steroid dienone is 1. The first-order valence-corrected chi connectivity index (χ1v) is 9.04. The van der Waals surface area contributed by atoms with Crippen molar-refractivity contribution < 1.29 is 19.4 Å². The summed E-state index contributed by atoms with van der Waals surface area (Å²) in [6, 6.07) is 0. The smallest absolute Gasteiger partial charge is 0.148 e. The van der Waals surface area contributed by atoms with Crippen LogP contribution in [0, 0.1) is 28.6 Å². The molecule has 0 spiro atoms. The van der Waals surface area contributed by atoms with Gasteiger partial charge in [-0.1, -0.05) is 19.9 Å². The Morgan fingerprint density at radius 1 is 1.22 bits per heavy atom. The van der Waals surface area contributed by atoms with Crippen molar-refractivity contribution in [1.29, 1.82) is 0 Å². The SMILES string of the molecule is C[C@]12C(=CC[C@@H]3[C@@H]1CC[C@]1(C)C(=O)CC[C@@H]31)[C@H](F)[C@@H](O)C[C@@H]2O. The zero-order valence-electron chi connectivity index (χ0n) is 14.0. The summed E-state index contributed by atoms with van der Waals surface area (Å²) in [5.74, 6) is 1.32. The Morgan fingerprint density at radius 3 is 2.70 bits per heavy atom. The third kappa shape index (κ3) is 1.85. The molecule has 0 aromatic heterocycles. The second kappa shape index (κ2) is 4.89. The van der Waals surface area contributed by atoms with Gasteiger partial charge in [-0.05, 0) is 49.0 Å². The molecule has 0 aromatic carbocycles. The van der Waals surface area contributed by atoms with E-state index in [9.17, 15) is 19.4 Å². The molecule has 128 valence electrons. The van der Waals surface area contributed by atoms with E-state index in [1.165, 1.54) is 0 Å². The highest BCUT2D eigenvalue weighted by molar-refractivity contribution is 5.87. The summed E-state index contributed by atoms with van der Waals surface area (Å²) in [5.41, 5.74) is -0.191. The largest absolute Gasteiger partial charge is 0.392 e. The van der Waals surface area contributed by atoms with Crippen LogP contribution in [-0.2, 0) is 4.79 Å². The summed E-state index contributed by atoms with van der Waals surface area (Å²) in [4.78, 5) is 12.4. The molecular weight excluding hydrogens is 295 g/mol. The molecular formula is C19H27FO3. The number of aliphatic hydroxyl groups excluding tert-OH is 2. The second-order valence-corrected chi connectivity index (χ2v) is 8.69.